The minimum Gasteiger partial charge on any atom is -0.423 e. The second-order valence-electron chi connectivity index (χ2n) is 7.03. The van der Waals surface area contributed by atoms with Crippen molar-refractivity contribution in [1.29, 1.82) is 0 Å². The van der Waals surface area contributed by atoms with Gasteiger partial charge in [-0.3, -0.25) is 9.59 Å². The summed E-state index contributed by atoms with van der Waals surface area (Å²) in [6.07, 6.45) is 2.27. The van der Waals surface area contributed by atoms with Gasteiger partial charge in [0, 0.05) is 5.69 Å². The number of anilines is 1. The van der Waals surface area contributed by atoms with E-state index in [1.807, 2.05) is 38.1 Å². The molecule has 162 valence electrons. The fourth-order valence-electron chi connectivity index (χ4n) is 2.71. The van der Waals surface area contributed by atoms with Gasteiger partial charge in [0.15, 0.2) is 0 Å². The van der Waals surface area contributed by atoms with E-state index < -0.39 is 17.8 Å². The van der Waals surface area contributed by atoms with Gasteiger partial charge in [0.25, 0.3) is 0 Å². The zero-order valence-electron chi connectivity index (χ0n) is 17.8. The van der Waals surface area contributed by atoms with Crippen molar-refractivity contribution in [3.05, 3.63) is 95.1 Å². The first kappa shape index (κ1) is 22.4. The second kappa shape index (κ2) is 10.7. The minimum absolute atomic E-state index is 0.380. The number of hydrazone groups is 1. The number of nitrogens with zero attached hydrogens (tertiary/aromatic N) is 1. The van der Waals surface area contributed by atoms with Crippen molar-refractivity contribution in [2.45, 2.75) is 20.3 Å². The lowest BCUT2D eigenvalue weighted by Gasteiger charge is -2.05. The molecule has 7 heteroatoms. The van der Waals surface area contributed by atoms with Crippen LogP contribution in [-0.4, -0.2) is 24.0 Å². The van der Waals surface area contributed by atoms with Crippen LogP contribution in [0.15, 0.2) is 77.9 Å². The highest BCUT2D eigenvalue weighted by Crippen LogP contribution is 2.14. The Morgan fingerprint density at radius 3 is 2.16 bits per heavy atom. The van der Waals surface area contributed by atoms with Crippen LogP contribution in [0, 0.1) is 6.92 Å². The standard InChI is InChI=1S/C25H23N3O4/c1-3-18-6-12-21(13-7-18)27-23(29)24(30)28-26-16-19-8-14-22(15-9-19)32-25(31)20-10-4-17(2)5-11-20/h4-16H,3H2,1-2H3,(H,27,29)(H,28,30)/b26-16+. The predicted molar refractivity (Wildman–Crippen MR) is 123 cm³/mol. The van der Waals surface area contributed by atoms with Gasteiger partial charge in [0.1, 0.15) is 5.75 Å². The van der Waals surface area contributed by atoms with Gasteiger partial charge in [-0.25, -0.2) is 10.2 Å². The molecule has 0 saturated heterocycles. The molecule has 7 nitrogen and oxygen atoms in total. The lowest BCUT2D eigenvalue weighted by atomic mass is 10.1. The smallest absolute Gasteiger partial charge is 0.343 e. The fraction of sp³-hybridized carbons (Fsp3) is 0.120. The Labute approximate surface area is 186 Å². The van der Waals surface area contributed by atoms with Crippen LogP contribution in [0.25, 0.3) is 0 Å². The summed E-state index contributed by atoms with van der Waals surface area (Å²) in [4.78, 5) is 36.0. The number of carbonyl (C=O) groups excluding carboxylic acids is 3. The van der Waals surface area contributed by atoms with Crippen molar-refractivity contribution in [3.8, 4) is 5.75 Å². The van der Waals surface area contributed by atoms with E-state index in [2.05, 4.69) is 15.8 Å². The molecular formula is C25H23N3O4. The van der Waals surface area contributed by atoms with Crippen LogP contribution in [0.1, 0.15) is 34.0 Å². The molecule has 0 bridgehead atoms. The monoisotopic (exact) mass is 429 g/mol. The lowest BCUT2D eigenvalue weighted by Crippen LogP contribution is -2.32. The molecule has 3 rings (SSSR count). The van der Waals surface area contributed by atoms with Gasteiger partial charge in [-0.05, 0) is 73.0 Å². The molecule has 0 spiro atoms. The summed E-state index contributed by atoms with van der Waals surface area (Å²) in [5, 5.41) is 6.30. The zero-order chi connectivity index (χ0) is 22.9. The highest BCUT2D eigenvalue weighted by atomic mass is 16.5. The molecule has 0 aliphatic rings. The number of nitrogens with one attached hydrogen (secondary N) is 2. The first-order chi connectivity index (χ1) is 15.4. The highest BCUT2D eigenvalue weighted by molar-refractivity contribution is 6.39. The number of esters is 1. The fourth-order valence-corrected chi connectivity index (χ4v) is 2.71. The minimum atomic E-state index is -0.885. The van der Waals surface area contributed by atoms with Gasteiger partial charge in [-0.15, -0.1) is 0 Å². The number of amides is 2. The third kappa shape index (κ3) is 6.37. The number of aryl methyl sites for hydroxylation is 2. The van der Waals surface area contributed by atoms with Crippen molar-refractivity contribution in [3.63, 3.8) is 0 Å². The first-order valence-corrected chi connectivity index (χ1v) is 10.1. The van der Waals surface area contributed by atoms with Crippen molar-refractivity contribution in [1.82, 2.24) is 5.43 Å². The van der Waals surface area contributed by atoms with Gasteiger partial charge in [-0.2, -0.15) is 5.10 Å². The van der Waals surface area contributed by atoms with E-state index in [4.69, 9.17) is 4.74 Å². The van der Waals surface area contributed by atoms with E-state index in [-0.39, 0.29) is 0 Å². The summed E-state index contributed by atoms with van der Waals surface area (Å²) < 4.78 is 5.33. The summed E-state index contributed by atoms with van der Waals surface area (Å²) in [5.41, 5.74) is 6.01. The van der Waals surface area contributed by atoms with Gasteiger partial charge in [-0.1, -0.05) is 36.8 Å². The van der Waals surface area contributed by atoms with E-state index >= 15 is 0 Å². The molecule has 0 unspecified atom stereocenters. The molecular weight excluding hydrogens is 406 g/mol. The predicted octanol–water partition coefficient (Wildman–Crippen LogP) is 3.87. The molecule has 32 heavy (non-hydrogen) atoms. The molecule has 0 radical (unpaired) electrons. The second-order valence-corrected chi connectivity index (χ2v) is 7.03. The van der Waals surface area contributed by atoms with Gasteiger partial charge >= 0.3 is 17.8 Å². The lowest BCUT2D eigenvalue weighted by molar-refractivity contribution is -0.136. The maximum absolute atomic E-state index is 12.2. The van der Waals surface area contributed by atoms with Crippen LogP contribution in [0.5, 0.6) is 5.75 Å². The van der Waals surface area contributed by atoms with Gasteiger partial charge < -0.3 is 10.1 Å². The number of hydrogen-bond acceptors (Lipinski definition) is 5. The molecule has 2 amide bonds. The molecule has 3 aromatic rings. The summed E-state index contributed by atoms with van der Waals surface area (Å²) in [5.74, 6) is -1.77. The van der Waals surface area contributed by atoms with Crippen LogP contribution in [-0.2, 0) is 16.0 Å². The average molecular weight is 429 g/mol. The molecule has 2 N–H and O–H groups in total. The zero-order valence-corrected chi connectivity index (χ0v) is 17.8. The number of ether oxygens (including phenoxy) is 1. The third-order valence-corrected chi connectivity index (χ3v) is 4.58. The summed E-state index contributed by atoms with van der Waals surface area (Å²) in [6, 6.07) is 20.9. The van der Waals surface area contributed by atoms with Crippen LogP contribution >= 0.6 is 0 Å². The largest absolute Gasteiger partial charge is 0.423 e. The molecule has 3 aromatic carbocycles. The Bertz CT molecular complexity index is 1120. The maximum Gasteiger partial charge on any atom is 0.343 e. The first-order valence-electron chi connectivity index (χ1n) is 10.1. The Hall–Kier alpha value is -4.26. The molecule has 0 fully saturated rings. The maximum atomic E-state index is 12.2. The van der Waals surface area contributed by atoms with E-state index in [0.717, 1.165) is 17.5 Å². The summed E-state index contributed by atoms with van der Waals surface area (Å²) in [6.45, 7) is 3.97. The number of hydrogen-bond donors (Lipinski definition) is 2. The summed E-state index contributed by atoms with van der Waals surface area (Å²) >= 11 is 0. The number of carbonyl (C=O) groups is 3. The number of rotatable bonds is 6. The van der Waals surface area contributed by atoms with Crippen molar-refractivity contribution < 1.29 is 19.1 Å². The molecule has 0 aliphatic carbocycles. The summed E-state index contributed by atoms with van der Waals surface area (Å²) in [7, 11) is 0. The van der Waals surface area contributed by atoms with Crippen LogP contribution in [0.3, 0.4) is 0 Å². The van der Waals surface area contributed by atoms with E-state index in [9.17, 15) is 14.4 Å². The van der Waals surface area contributed by atoms with Crippen molar-refractivity contribution in [2.24, 2.45) is 5.10 Å². The quantitative estimate of drug-likeness (QED) is 0.204. The highest BCUT2D eigenvalue weighted by Gasteiger charge is 2.12. The molecule has 0 atom stereocenters. The Kier molecular flexibility index (Phi) is 7.48. The Morgan fingerprint density at radius 2 is 1.53 bits per heavy atom. The average Bonchev–Trinajstić information content (AvgIpc) is 2.81. The Morgan fingerprint density at radius 1 is 0.875 bits per heavy atom. The molecule has 0 heterocycles. The van der Waals surface area contributed by atoms with Crippen molar-refractivity contribution >= 4 is 29.7 Å². The Balaban J connectivity index is 1.49. The van der Waals surface area contributed by atoms with E-state index in [1.165, 1.54) is 6.21 Å². The SMILES string of the molecule is CCc1ccc(NC(=O)C(=O)N/N=C/c2ccc(OC(=O)c3ccc(C)cc3)cc2)cc1. The van der Waals surface area contributed by atoms with Gasteiger partial charge in [0.05, 0.1) is 11.8 Å². The van der Waals surface area contributed by atoms with E-state index in [1.54, 1.807) is 48.5 Å². The molecule has 0 saturated carbocycles. The third-order valence-electron chi connectivity index (χ3n) is 4.58. The normalized spacial score (nSPS) is 10.6. The number of benzene rings is 3. The van der Waals surface area contributed by atoms with Gasteiger partial charge in [0.2, 0.25) is 0 Å². The molecule has 0 aromatic heterocycles. The van der Waals surface area contributed by atoms with Crippen LogP contribution in [0.4, 0.5) is 5.69 Å². The topological polar surface area (TPSA) is 96.9 Å². The van der Waals surface area contributed by atoms with Crippen molar-refractivity contribution in [2.75, 3.05) is 5.32 Å². The van der Waals surface area contributed by atoms with E-state index in [0.29, 0.717) is 22.6 Å². The van der Waals surface area contributed by atoms with Crippen LogP contribution in [0.2, 0.25) is 0 Å². The molecule has 0 aliphatic heterocycles. The van der Waals surface area contributed by atoms with Crippen LogP contribution < -0.4 is 15.5 Å².